The molecular formula is C17H15ClN4. The Morgan fingerprint density at radius 3 is 2.64 bits per heavy atom. The van der Waals surface area contributed by atoms with Crippen LogP contribution in [0.15, 0.2) is 60.9 Å². The van der Waals surface area contributed by atoms with Crippen LogP contribution in [-0.4, -0.2) is 14.8 Å². The minimum absolute atomic E-state index is 0.121. The van der Waals surface area contributed by atoms with Gasteiger partial charge in [-0.05, 0) is 23.6 Å². The van der Waals surface area contributed by atoms with E-state index in [0.29, 0.717) is 0 Å². The monoisotopic (exact) mass is 310 g/mol. The average Bonchev–Trinajstić information content (AvgIpc) is 3.03. The molecule has 0 saturated carbocycles. The summed E-state index contributed by atoms with van der Waals surface area (Å²) < 4.78 is 1.95. The number of aromatic nitrogens is 3. The largest absolute Gasteiger partial charge is 0.347 e. The van der Waals surface area contributed by atoms with Crippen LogP contribution in [-0.2, 0) is 0 Å². The minimum Gasteiger partial charge on any atom is -0.347 e. The van der Waals surface area contributed by atoms with Gasteiger partial charge in [-0.1, -0.05) is 60.1 Å². The number of nitrogens with zero attached hydrogens (tertiary/aromatic N) is 3. The molecule has 0 bridgehead atoms. The number of rotatable bonds is 2. The second kappa shape index (κ2) is 5.46. The number of fused-ring (bicyclic) bond motifs is 1. The molecule has 0 unspecified atom stereocenters. The second-order valence-electron chi connectivity index (χ2n) is 5.41. The fourth-order valence-electron chi connectivity index (χ4n) is 3.03. The van der Waals surface area contributed by atoms with Crippen LogP contribution in [0.5, 0.6) is 0 Å². The van der Waals surface area contributed by atoms with Gasteiger partial charge >= 0.3 is 0 Å². The van der Waals surface area contributed by atoms with Crippen LogP contribution in [0.25, 0.3) is 0 Å². The van der Waals surface area contributed by atoms with Crippen molar-refractivity contribution < 1.29 is 0 Å². The van der Waals surface area contributed by atoms with Crippen molar-refractivity contribution in [3.8, 4) is 0 Å². The first kappa shape index (κ1) is 13.3. The van der Waals surface area contributed by atoms with E-state index in [0.717, 1.165) is 23.0 Å². The van der Waals surface area contributed by atoms with E-state index in [1.165, 1.54) is 5.56 Å². The summed E-state index contributed by atoms with van der Waals surface area (Å²) in [6.45, 7) is 0. The van der Waals surface area contributed by atoms with Gasteiger partial charge in [0.25, 0.3) is 0 Å². The van der Waals surface area contributed by atoms with Crippen molar-refractivity contribution in [1.82, 2.24) is 14.8 Å². The zero-order valence-electron chi connectivity index (χ0n) is 11.9. The van der Waals surface area contributed by atoms with E-state index < -0.39 is 0 Å². The highest BCUT2D eigenvalue weighted by Gasteiger charge is 2.30. The molecule has 2 aromatic carbocycles. The van der Waals surface area contributed by atoms with Crippen molar-refractivity contribution in [3.05, 3.63) is 77.1 Å². The van der Waals surface area contributed by atoms with Gasteiger partial charge < -0.3 is 5.32 Å². The standard InChI is InChI=1S/C17H15ClN4/c18-14-9-5-4-8-13(14)15-10-16(12-6-2-1-3-7-12)22-17(21-15)19-11-20-22/h1-9,11,15-16H,10H2,(H,19,20,21)/t15-,16+/m0/s1. The zero-order valence-corrected chi connectivity index (χ0v) is 12.6. The van der Waals surface area contributed by atoms with E-state index in [1.807, 2.05) is 28.9 Å². The maximum Gasteiger partial charge on any atom is 0.222 e. The van der Waals surface area contributed by atoms with Crippen molar-refractivity contribution in [2.45, 2.75) is 18.5 Å². The van der Waals surface area contributed by atoms with Gasteiger partial charge in [-0.3, -0.25) is 0 Å². The Labute approximate surface area is 133 Å². The third-order valence-electron chi connectivity index (χ3n) is 4.10. The predicted molar refractivity (Wildman–Crippen MR) is 87.0 cm³/mol. The lowest BCUT2D eigenvalue weighted by atomic mass is 9.93. The molecule has 1 aliphatic heterocycles. The Hall–Kier alpha value is -2.33. The lowest BCUT2D eigenvalue weighted by molar-refractivity contribution is 0.431. The van der Waals surface area contributed by atoms with E-state index in [-0.39, 0.29) is 12.1 Å². The number of hydrogen-bond donors (Lipinski definition) is 1. The van der Waals surface area contributed by atoms with Gasteiger partial charge in [0.1, 0.15) is 6.33 Å². The number of nitrogens with one attached hydrogen (secondary N) is 1. The van der Waals surface area contributed by atoms with Crippen LogP contribution in [0.4, 0.5) is 5.95 Å². The number of anilines is 1. The zero-order chi connectivity index (χ0) is 14.9. The first-order chi connectivity index (χ1) is 10.8. The molecule has 2 heterocycles. The Bertz CT molecular complexity index is 784. The van der Waals surface area contributed by atoms with Crippen molar-refractivity contribution in [2.75, 3.05) is 5.32 Å². The van der Waals surface area contributed by atoms with Crippen LogP contribution in [0.2, 0.25) is 5.02 Å². The highest BCUT2D eigenvalue weighted by Crippen LogP contribution is 2.39. The molecule has 0 aliphatic carbocycles. The number of benzene rings is 2. The summed E-state index contributed by atoms with van der Waals surface area (Å²) in [5, 5.41) is 8.59. The molecule has 2 atom stereocenters. The van der Waals surface area contributed by atoms with Crippen LogP contribution < -0.4 is 5.32 Å². The summed E-state index contributed by atoms with van der Waals surface area (Å²) in [6.07, 6.45) is 2.47. The van der Waals surface area contributed by atoms with E-state index in [4.69, 9.17) is 11.6 Å². The third-order valence-corrected chi connectivity index (χ3v) is 4.44. The lowest BCUT2D eigenvalue weighted by Gasteiger charge is -2.32. The Kier molecular flexibility index (Phi) is 3.31. The van der Waals surface area contributed by atoms with Crippen molar-refractivity contribution >= 4 is 17.5 Å². The maximum atomic E-state index is 6.37. The summed E-state index contributed by atoms with van der Waals surface area (Å²) in [5.74, 6) is 0.782. The highest BCUT2D eigenvalue weighted by molar-refractivity contribution is 6.31. The predicted octanol–water partition coefficient (Wildman–Crippen LogP) is 4.08. The Morgan fingerprint density at radius 1 is 1.05 bits per heavy atom. The Morgan fingerprint density at radius 2 is 1.82 bits per heavy atom. The highest BCUT2D eigenvalue weighted by atomic mass is 35.5. The molecule has 1 N–H and O–H groups in total. The van der Waals surface area contributed by atoms with Crippen LogP contribution in [0.3, 0.4) is 0 Å². The molecule has 4 rings (SSSR count). The topological polar surface area (TPSA) is 42.7 Å². The lowest BCUT2D eigenvalue weighted by Crippen LogP contribution is -2.28. The van der Waals surface area contributed by atoms with Gasteiger partial charge in [0.05, 0.1) is 12.1 Å². The van der Waals surface area contributed by atoms with Gasteiger partial charge in [0.2, 0.25) is 5.95 Å². The summed E-state index contributed by atoms with van der Waals surface area (Å²) in [4.78, 5) is 4.34. The summed E-state index contributed by atoms with van der Waals surface area (Å²) in [7, 11) is 0. The van der Waals surface area contributed by atoms with Crippen molar-refractivity contribution in [3.63, 3.8) is 0 Å². The fourth-order valence-corrected chi connectivity index (χ4v) is 3.30. The van der Waals surface area contributed by atoms with Gasteiger partial charge in [-0.2, -0.15) is 10.1 Å². The van der Waals surface area contributed by atoms with Crippen molar-refractivity contribution in [1.29, 1.82) is 0 Å². The Balaban J connectivity index is 1.76. The first-order valence-corrected chi connectivity index (χ1v) is 7.66. The molecule has 0 amide bonds. The molecule has 0 fully saturated rings. The summed E-state index contributed by atoms with van der Waals surface area (Å²) in [6, 6.07) is 18.6. The molecule has 4 nitrogen and oxygen atoms in total. The van der Waals surface area contributed by atoms with E-state index in [9.17, 15) is 0 Å². The first-order valence-electron chi connectivity index (χ1n) is 7.28. The molecule has 0 spiro atoms. The summed E-state index contributed by atoms with van der Waals surface area (Å²) >= 11 is 6.37. The second-order valence-corrected chi connectivity index (χ2v) is 5.82. The quantitative estimate of drug-likeness (QED) is 0.775. The van der Waals surface area contributed by atoms with Crippen LogP contribution >= 0.6 is 11.6 Å². The van der Waals surface area contributed by atoms with Crippen LogP contribution in [0, 0.1) is 0 Å². The van der Waals surface area contributed by atoms with Crippen LogP contribution in [0.1, 0.15) is 29.6 Å². The number of halogens is 1. The molecule has 22 heavy (non-hydrogen) atoms. The molecule has 1 aliphatic rings. The minimum atomic E-state index is 0.121. The normalized spacial score (nSPS) is 20.2. The van der Waals surface area contributed by atoms with Crippen molar-refractivity contribution in [2.24, 2.45) is 0 Å². The fraction of sp³-hybridized carbons (Fsp3) is 0.176. The van der Waals surface area contributed by atoms with Gasteiger partial charge in [0.15, 0.2) is 0 Å². The van der Waals surface area contributed by atoms with Gasteiger partial charge in [-0.15, -0.1) is 0 Å². The number of hydrogen-bond acceptors (Lipinski definition) is 3. The van der Waals surface area contributed by atoms with E-state index >= 15 is 0 Å². The summed E-state index contributed by atoms with van der Waals surface area (Å²) in [5.41, 5.74) is 2.33. The molecule has 1 aromatic heterocycles. The average molecular weight is 311 g/mol. The SMILES string of the molecule is Clc1ccccc1[C@@H]1C[C@H](c2ccccc2)n2ncnc2N1. The molecule has 5 heteroatoms. The van der Waals surface area contributed by atoms with Gasteiger partial charge in [0, 0.05) is 5.02 Å². The smallest absolute Gasteiger partial charge is 0.222 e. The molecule has 110 valence electrons. The van der Waals surface area contributed by atoms with Gasteiger partial charge in [-0.25, -0.2) is 4.68 Å². The molecule has 3 aromatic rings. The maximum absolute atomic E-state index is 6.37. The third kappa shape index (κ3) is 2.25. The van der Waals surface area contributed by atoms with E-state index in [2.05, 4.69) is 45.7 Å². The molecule has 0 saturated heterocycles. The van der Waals surface area contributed by atoms with E-state index in [1.54, 1.807) is 6.33 Å². The molecular weight excluding hydrogens is 296 g/mol. The molecule has 0 radical (unpaired) electrons.